The van der Waals surface area contributed by atoms with Gasteiger partial charge in [-0.05, 0) is 38.5 Å². The minimum Gasteiger partial charge on any atom is -0.493 e. The van der Waals surface area contributed by atoms with Gasteiger partial charge in [0.2, 0.25) is 0 Å². The smallest absolute Gasteiger partial charge is 0.183 e. The van der Waals surface area contributed by atoms with E-state index in [1.165, 1.54) is 12.4 Å². The topological polar surface area (TPSA) is 52.0 Å². The second kappa shape index (κ2) is 8.39. The molecule has 0 fully saturated rings. The van der Waals surface area contributed by atoms with Gasteiger partial charge in [-0.1, -0.05) is 0 Å². The van der Waals surface area contributed by atoms with E-state index in [0.717, 1.165) is 33.0 Å². The van der Waals surface area contributed by atoms with Crippen LogP contribution >= 0.6 is 11.3 Å². The van der Waals surface area contributed by atoms with Crippen LogP contribution < -0.4 is 10.1 Å². The Hall–Kier alpha value is -3.00. The van der Waals surface area contributed by atoms with E-state index in [1.54, 1.807) is 22.8 Å². The van der Waals surface area contributed by atoms with Gasteiger partial charge in [0, 0.05) is 41.7 Å². The van der Waals surface area contributed by atoms with Crippen LogP contribution in [0.25, 0.3) is 21.5 Å². The highest BCUT2D eigenvalue weighted by atomic mass is 32.1. The number of thiophene rings is 1. The number of hydrogen-bond acceptors (Lipinski definition) is 5. The number of nitrogens with zero attached hydrogens (tertiary/aromatic N) is 3. The third-order valence-corrected chi connectivity index (χ3v) is 5.87. The highest BCUT2D eigenvalue weighted by Crippen LogP contribution is 2.31. The van der Waals surface area contributed by atoms with Crippen molar-refractivity contribution >= 4 is 28.1 Å². The number of fused-ring (bicyclic) bond motifs is 1. The van der Waals surface area contributed by atoms with Crippen molar-refractivity contribution in [3.05, 3.63) is 58.9 Å². The van der Waals surface area contributed by atoms with Gasteiger partial charge in [-0.15, -0.1) is 11.3 Å². The Bertz CT molecular complexity index is 1200. The normalized spacial score (nSPS) is 11.2. The van der Waals surface area contributed by atoms with Gasteiger partial charge in [-0.25, -0.2) is 18.7 Å². The maximum Gasteiger partial charge on any atom is 0.183 e. The molecule has 1 aromatic carbocycles. The van der Waals surface area contributed by atoms with Gasteiger partial charge in [0.25, 0.3) is 0 Å². The van der Waals surface area contributed by atoms with Crippen molar-refractivity contribution in [1.29, 1.82) is 0 Å². The van der Waals surface area contributed by atoms with Crippen molar-refractivity contribution in [3.8, 4) is 16.3 Å². The number of anilines is 1. The molecule has 0 saturated heterocycles. The molecule has 4 rings (SSSR count). The predicted molar refractivity (Wildman–Crippen MR) is 116 cm³/mol. The average Bonchev–Trinajstić information content (AvgIpc) is 3.32. The van der Waals surface area contributed by atoms with Crippen molar-refractivity contribution in [2.45, 2.75) is 27.3 Å². The summed E-state index contributed by atoms with van der Waals surface area (Å²) in [6.45, 7) is 7.22. The third kappa shape index (κ3) is 3.87. The van der Waals surface area contributed by atoms with E-state index in [4.69, 9.17) is 4.74 Å². The van der Waals surface area contributed by atoms with Gasteiger partial charge < -0.3 is 14.6 Å². The Balaban J connectivity index is 1.51. The molecule has 0 amide bonds. The molecule has 0 unspecified atom stereocenters. The summed E-state index contributed by atoms with van der Waals surface area (Å²) in [6, 6.07) is 6.95. The minimum atomic E-state index is -0.824. The molecule has 0 atom stereocenters. The fourth-order valence-electron chi connectivity index (χ4n) is 3.53. The molecule has 4 aromatic rings. The van der Waals surface area contributed by atoms with Crippen LogP contribution in [-0.4, -0.2) is 27.7 Å². The molecule has 0 radical (unpaired) electrons. The summed E-state index contributed by atoms with van der Waals surface area (Å²) in [7, 11) is 0. The van der Waals surface area contributed by atoms with Crippen LogP contribution in [0.3, 0.4) is 0 Å². The molecule has 1 N–H and O–H groups in total. The summed E-state index contributed by atoms with van der Waals surface area (Å²) in [5.74, 6) is -0.139. The lowest BCUT2D eigenvalue weighted by atomic mass is 10.1. The fourth-order valence-corrected chi connectivity index (χ4v) is 4.32. The number of rotatable bonds is 7. The van der Waals surface area contributed by atoms with Crippen molar-refractivity contribution in [1.82, 2.24) is 14.5 Å². The summed E-state index contributed by atoms with van der Waals surface area (Å²) in [5, 5.41) is 5.93. The van der Waals surface area contributed by atoms with Gasteiger partial charge in [0.15, 0.2) is 11.6 Å². The largest absolute Gasteiger partial charge is 0.493 e. The first-order chi connectivity index (χ1) is 14.5. The number of aryl methyl sites for hydroxylation is 2. The van der Waals surface area contributed by atoms with Crippen molar-refractivity contribution in [2.75, 3.05) is 18.5 Å². The van der Waals surface area contributed by atoms with Crippen LogP contribution in [0.4, 0.5) is 14.6 Å². The molecule has 156 valence electrons. The molecule has 8 heteroatoms. The second-order valence-electron chi connectivity index (χ2n) is 6.98. The van der Waals surface area contributed by atoms with Crippen LogP contribution in [0.15, 0.2) is 36.0 Å². The van der Waals surface area contributed by atoms with E-state index in [0.29, 0.717) is 31.0 Å². The highest BCUT2D eigenvalue weighted by molar-refractivity contribution is 7.13. The monoisotopic (exact) mass is 428 g/mol. The SMILES string of the molecule is CCOc1csc(-c2cc(NCCn3c(C)cc4c(C)cc(F)c(F)c43)ncn2)c1. The Morgan fingerprint density at radius 2 is 1.97 bits per heavy atom. The number of halogens is 2. The number of benzene rings is 1. The Kier molecular flexibility index (Phi) is 5.67. The summed E-state index contributed by atoms with van der Waals surface area (Å²) in [4.78, 5) is 9.59. The van der Waals surface area contributed by atoms with E-state index in [1.807, 2.05) is 37.4 Å². The van der Waals surface area contributed by atoms with Gasteiger partial charge >= 0.3 is 0 Å². The molecule has 3 heterocycles. The van der Waals surface area contributed by atoms with Crippen LogP contribution in [0.2, 0.25) is 0 Å². The zero-order chi connectivity index (χ0) is 21.3. The van der Waals surface area contributed by atoms with Crippen LogP contribution in [0.5, 0.6) is 5.75 Å². The zero-order valence-electron chi connectivity index (χ0n) is 17.0. The Labute approximate surface area is 177 Å². The van der Waals surface area contributed by atoms with Crippen LogP contribution in [0, 0.1) is 25.5 Å². The lowest BCUT2D eigenvalue weighted by molar-refractivity contribution is 0.342. The number of hydrogen-bond donors (Lipinski definition) is 1. The highest BCUT2D eigenvalue weighted by Gasteiger charge is 2.16. The first kappa shape index (κ1) is 20.3. The maximum absolute atomic E-state index is 14.5. The molecule has 0 spiro atoms. The standard InChI is InChI=1S/C22H22F2N4OS/c1-4-29-15-9-19(30-11-15)18-10-20(27-12-26-18)25-5-6-28-14(3)8-16-13(2)7-17(23)21(24)22(16)28/h7-12H,4-6H2,1-3H3,(H,25,26,27). The average molecular weight is 429 g/mol. The molecule has 30 heavy (non-hydrogen) atoms. The van der Waals surface area contributed by atoms with Crippen molar-refractivity contribution in [2.24, 2.45) is 0 Å². The van der Waals surface area contributed by atoms with Gasteiger partial charge in [0.05, 0.1) is 22.7 Å². The molecule has 0 aliphatic heterocycles. The van der Waals surface area contributed by atoms with Crippen molar-refractivity contribution < 1.29 is 13.5 Å². The van der Waals surface area contributed by atoms with E-state index >= 15 is 0 Å². The summed E-state index contributed by atoms with van der Waals surface area (Å²) < 4.78 is 35.7. The van der Waals surface area contributed by atoms with E-state index < -0.39 is 11.6 Å². The molecular formula is C22H22F2N4OS. The lowest BCUT2D eigenvalue weighted by Gasteiger charge is -2.11. The molecule has 5 nitrogen and oxygen atoms in total. The molecule has 0 bridgehead atoms. The Morgan fingerprint density at radius 1 is 1.13 bits per heavy atom. The summed E-state index contributed by atoms with van der Waals surface area (Å²) in [5.41, 5.74) is 2.71. The summed E-state index contributed by atoms with van der Waals surface area (Å²) >= 11 is 1.56. The van der Waals surface area contributed by atoms with Crippen LogP contribution in [0.1, 0.15) is 18.2 Å². The molecule has 0 aliphatic rings. The fraction of sp³-hybridized carbons (Fsp3) is 0.273. The zero-order valence-corrected chi connectivity index (χ0v) is 17.8. The van der Waals surface area contributed by atoms with Gasteiger partial charge in [-0.3, -0.25) is 0 Å². The van der Waals surface area contributed by atoms with E-state index in [9.17, 15) is 8.78 Å². The summed E-state index contributed by atoms with van der Waals surface area (Å²) in [6.07, 6.45) is 1.51. The first-order valence-electron chi connectivity index (χ1n) is 9.70. The Morgan fingerprint density at radius 3 is 2.77 bits per heavy atom. The number of ether oxygens (including phenoxy) is 1. The molecule has 0 aliphatic carbocycles. The molecular weight excluding hydrogens is 406 g/mol. The molecule has 3 aromatic heterocycles. The number of aromatic nitrogens is 3. The minimum absolute atomic E-state index is 0.303. The second-order valence-corrected chi connectivity index (χ2v) is 7.90. The van der Waals surface area contributed by atoms with Gasteiger partial charge in [-0.2, -0.15) is 0 Å². The van der Waals surface area contributed by atoms with E-state index in [-0.39, 0.29) is 0 Å². The lowest BCUT2D eigenvalue weighted by Crippen LogP contribution is -2.13. The van der Waals surface area contributed by atoms with Crippen molar-refractivity contribution in [3.63, 3.8) is 0 Å². The number of nitrogens with one attached hydrogen (secondary N) is 1. The quantitative estimate of drug-likeness (QED) is 0.418. The predicted octanol–water partition coefficient (Wildman–Crippen LogP) is 5.57. The first-order valence-corrected chi connectivity index (χ1v) is 10.6. The molecule has 0 saturated carbocycles. The van der Waals surface area contributed by atoms with Crippen LogP contribution in [-0.2, 0) is 6.54 Å². The maximum atomic E-state index is 14.5. The van der Waals surface area contributed by atoms with E-state index in [2.05, 4.69) is 15.3 Å². The van der Waals surface area contributed by atoms with Gasteiger partial charge in [0.1, 0.15) is 17.9 Å². The third-order valence-electron chi connectivity index (χ3n) is 4.94.